The van der Waals surface area contributed by atoms with Crippen LogP contribution in [0.2, 0.25) is 0 Å². The Bertz CT molecular complexity index is 794. The van der Waals surface area contributed by atoms with Crippen molar-refractivity contribution in [1.29, 1.82) is 0 Å². The molecule has 170 valence electrons. The minimum atomic E-state index is -0.463. The summed E-state index contributed by atoms with van der Waals surface area (Å²) in [4.78, 5) is 28.1. The number of benzene rings is 1. The van der Waals surface area contributed by atoms with Gasteiger partial charge in [0, 0.05) is 25.6 Å². The van der Waals surface area contributed by atoms with E-state index < -0.39 is 12.1 Å². The predicted molar refractivity (Wildman–Crippen MR) is 126 cm³/mol. The van der Waals surface area contributed by atoms with Crippen molar-refractivity contribution >= 4 is 24.2 Å². The highest BCUT2D eigenvalue weighted by Gasteiger charge is 2.38. The minimum absolute atomic E-state index is 0. The third kappa shape index (κ3) is 6.22. The number of halogens is 1. The first-order valence-electron chi connectivity index (χ1n) is 11.1. The quantitative estimate of drug-likeness (QED) is 0.535. The summed E-state index contributed by atoms with van der Waals surface area (Å²) in [6.45, 7) is 3.28. The molecule has 1 heterocycles. The van der Waals surface area contributed by atoms with Crippen LogP contribution in [-0.2, 0) is 16.0 Å². The molecule has 0 radical (unpaired) electrons. The van der Waals surface area contributed by atoms with Crippen molar-refractivity contribution in [3.63, 3.8) is 0 Å². The van der Waals surface area contributed by atoms with Crippen LogP contribution in [0.1, 0.15) is 56.2 Å². The van der Waals surface area contributed by atoms with Gasteiger partial charge in [-0.3, -0.25) is 9.59 Å². The number of rotatable bonds is 8. The van der Waals surface area contributed by atoms with E-state index in [-0.39, 0.29) is 36.3 Å². The third-order valence-corrected chi connectivity index (χ3v) is 6.31. The van der Waals surface area contributed by atoms with Gasteiger partial charge in [0.05, 0.1) is 12.1 Å². The van der Waals surface area contributed by atoms with Crippen molar-refractivity contribution in [2.24, 2.45) is 0 Å². The fourth-order valence-electron chi connectivity index (χ4n) is 4.46. The Hall–Kier alpha value is -2.07. The van der Waals surface area contributed by atoms with Gasteiger partial charge in [0.15, 0.2) is 0 Å². The monoisotopic (exact) mass is 446 g/mol. The number of terminal acetylenes is 1. The maximum atomic E-state index is 13.2. The number of fused-ring (bicyclic) bond motifs is 1. The number of carbonyl (C=O) groups excluding carboxylic acids is 2. The summed E-state index contributed by atoms with van der Waals surface area (Å²) in [6, 6.07) is 7.68. The Balaban J connectivity index is 0.00000341. The van der Waals surface area contributed by atoms with E-state index in [0.29, 0.717) is 25.9 Å². The first-order valence-corrected chi connectivity index (χ1v) is 11.1. The zero-order valence-corrected chi connectivity index (χ0v) is 19.3. The number of nitrogens with zero attached hydrogens (tertiary/aromatic N) is 1. The topological polar surface area (TPSA) is 73.5 Å². The van der Waals surface area contributed by atoms with E-state index in [1.807, 2.05) is 26.1 Å². The molecule has 31 heavy (non-hydrogen) atoms. The van der Waals surface area contributed by atoms with Gasteiger partial charge < -0.3 is 20.9 Å². The Kier molecular flexibility index (Phi) is 9.83. The second-order valence-electron chi connectivity index (χ2n) is 8.40. The lowest BCUT2D eigenvalue weighted by Gasteiger charge is -2.31. The number of hydrogen-bond donors (Lipinski definition) is 3. The number of likely N-dealkylation sites (tertiary alicyclic amines) is 1. The second kappa shape index (κ2) is 12.1. The van der Waals surface area contributed by atoms with Gasteiger partial charge >= 0.3 is 0 Å². The van der Waals surface area contributed by atoms with Crippen LogP contribution in [0.15, 0.2) is 24.3 Å². The largest absolute Gasteiger partial charge is 0.347 e. The van der Waals surface area contributed by atoms with E-state index in [9.17, 15) is 9.59 Å². The standard InChI is InChI=1S/C24H34N4O2.ClH/c1-4-9-21(26-16-17(2)25-3)24(30)28-15-8-14-22(28)23(29)27-20-13-7-11-18-10-5-6-12-19(18)20;/h1,5-6,10,12,17,20-22,25-26H,7-9,11,13-16H2,2-3H3,(H,27,29);1H/t17-,20+,21-,22-;/m0./s1. The highest BCUT2D eigenvalue weighted by Crippen LogP contribution is 2.30. The summed E-state index contributed by atoms with van der Waals surface area (Å²) in [7, 11) is 1.88. The van der Waals surface area contributed by atoms with Crippen LogP contribution >= 0.6 is 12.4 Å². The number of likely N-dealkylation sites (N-methyl/N-ethyl adjacent to an activating group) is 1. The molecule has 1 aromatic rings. The molecule has 0 spiro atoms. The van der Waals surface area contributed by atoms with E-state index >= 15 is 0 Å². The molecular weight excluding hydrogens is 412 g/mol. The van der Waals surface area contributed by atoms with Crippen LogP contribution in [0, 0.1) is 12.3 Å². The van der Waals surface area contributed by atoms with E-state index in [2.05, 4.69) is 34.0 Å². The molecule has 1 saturated heterocycles. The van der Waals surface area contributed by atoms with Crippen LogP contribution < -0.4 is 16.0 Å². The molecule has 1 aliphatic heterocycles. The molecule has 1 fully saturated rings. The maximum Gasteiger partial charge on any atom is 0.243 e. The molecule has 1 aromatic carbocycles. The lowest BCUT2D eigenvalue weighted by atomic mass is 9.87. The van der Waals surface area contributed by atoms with Gasteiger partial charge in [0.2, 0.25) is 11.8 Å². The van der Waals surface area contributed by atoms with Crippen LogP contribution in [-0.4, -0.2) is 55.0 Å². The maximum absolute atomic E-state index is 13.2. The Morgan fingerprint density at radius 1 is 1.26 bits per heavy atom. The molecule has 3 N–H and O–H groups in total. The molecule has 1 aliphatic carbocycles. The SMILES string of the molecule is C#CC[C@H](NC[C@H](C)NC)C(=O)N1CCC[C@H]1C(=O)N[C@@H]1CCCc2ccccc21.Cl. The molecule has 0 bridgehead atoms. The number of carbonyl (C=O) groups is 2. The molecule has 0 aromatic heterocycles. The number of nitrogens with one attached hydrogen (secondary N) is 3. The Labute approximate surface area is 192 Å². The van der Waals surface area contributed by atoms with Gasteiger partial charge in [-0.25, -0.2) is 0 Å². The highest BCUT2D eigenvalue weighted by atomic mass is 35.5. The summed E-state index contributed by atoms with van der Waals surface area (Å²) >= 11 is 0. The van der Waals surface area contributed by atoms with E-state index in [1.165, 1.54) is 11.1 Å². The second-order valence-corrected chi connectivity index (χ2v) is 8.40. The zero-order chi connectivity index (χ0) is 21.5. The zero-order valence-electron chi connectivity index (χ0n) is 18.5. The molecule has 3 rings (SSSR count). The molecular formula is C24H35ClN4O2. The summed E-state index contributed by atoms with van der Waals surface area (Å²) in [5, 5.41) is 9.65. The van der Waals surface area contributed by atoms with Gasteiger partial charge in [-0.1, -0.05) is 24.3 Å². The number of hydrogen-bond acceptors (Lipinski definition) is 4. The van der Waals surface area contributed by atoms with Gasteiger partial charge in [-0.05, 0) is 57.2 Å². The number of amides is 2. The predicted octanol–water partition coefficient (Wildman–Crippen LogP) is 2.18. The van der Waals surface area contributed by atoms with E-state index in [0.717, 1.165) is 25.7 Å². The van der Waals surface area contributed by atoms with Crippen molar-refractivity contribution < 1.29 is 9.59 Å². The third-order valence-electron chi connectivity index (χ3n) is 6.31. The lowest BCUT2D eigenvalue weighted by molar-refractivity contribution is -0.140. The van der Waals surface area contributed by atoms with Crippen LogP contribution in [0.4, 0.5) is 0 Å². The van der Waals surface area contributed by atoms with E-state index in [1.54, 1.807) is 4.90 Å². The lowest BCUT2D eigenvalue weighted by Crippen LogP contribution is -2.54. The first-order chi connectivity index (χ1) is 14.5. The first kappa shape index (κ1) is 25.2. The van der Waals surface area contributed by atoms with Crippen LogP contribution in [0.25, 0.3) is 0 Å². The van der Waals surface area contributed by atoms with Crippen molar-refractivity contribution in [3.8, 4) is 12.3 Å². The van der Waals surface area contributed by atoms with Gasteiger partial charge in [-0.2, -0.15) is 0 Å². The van der Waals surface area contributed by atoms with Crippen molar-refractivity contribution in [2.45, 2.75) is 69.6 Å². The van der Waals surface area contributed by atoms with Crippen molar-refractivity contribution in [1.82, 2.24) is 20.9 Å². The average molecular weight is 447 g/mol. The molecule has 7 heteroatoms. The molecule has 4 atom stereocenters. The summed E-state index contributed by atoms with van der Waals surface area (Å²) in [5.41, 5.74) is 2.52. The van der Waals surface area contributed by atoms with E-state index in [4.69, 9.17) is 6.42 Å². The smallest absolute Gasteiger partial charge is 0.243 e. The Morgan fingerprint density at radius 2 is 2.03 bits per heavy atom. The molecule has 0 saturated carbocycles. The molecule has 2 aliphatic rings. The average Bonchev–Trinajstić information content (AvgIpc) is 3.26. The fourth-order valence-corrected chi connectivity index (χ4v) is 4.46. The summed E-state index contributed by atoms with van der Waals surface area (Å²) < 4.78 is 0. The summed E-state index contributed by atoms with van der Waals surface area (Å²) in [6.07, 6.45) is 10.4. The van der Waals surface area contributed by atoms with Crippen LogP contribution in [0.5, 0.6) is 0 Å². The molecule has 2 amide bonds. The highest BCUT2D eigenvalue weighted by molar-refractivity contribution is 5.90. The Morgan fingerprint density at radius 3 is 2.77 bits per heavy atom. The van der Waals surface area contributed by atoms with Gasteiger partial charge in [-0.15, -0.1) is 24.8 Å². The summed E-state index contributed by atoms with van der Waals surface area (Å²) in [5.74, 6) is 2.48. The molecule has 6 nitrogen and oxygen atoms in total. The van der Waals surface area contributed by atoms with Crippen molar-refractivity contribution in [2.75, 3.05) is 20.1 Å². The van der Waals surface area contributed by atoms with Gasteiger partial charge in [0.1, 0.15) is 6.04 Å². The normalized spacial score (nSPS) is 21.9. The fraction of sp³-hybridized carbons (Fsp3) is 0.583. The minimum Gasteiger partial charge on any atom is -0.347 e. The number of aryl methyl sites for hydroxylation is 1. The van der Waals surface area contributed by atoms with Crippen molar-refractivity contribution in [3.05, 3.63) is 35.4 Å². The van der Waals surface area contributed by atoms with Gasteiger partial charge in [0.25, 0.3) is 0 Å². The van der Waals surface area contributed by atoms with Crippen LogP contribution in [0.3, 0.4) is 0 Å². The molecule has 0 unspecified atom stereocenters.